The Kier molecular flexibility index (Phi) is 8.26. The number of nitrogens with zero attached hydrogens (tertiary/aromatic N) is 3. The third-order valence-electron chi connectivity index (χ3n) is 5.94. The van der Waals surface area contributed by atoms with Crippen LogP contribution in [0, 0.1) is 20.8 Å². The van der Waals surface area contributed by atoms with Crippen molar-refractivity contribution in [1.29, 1.82) is 0 Å². The number of hydrogen-bond donors (Lipinski definition) is 1. The van der Waals surface area contributed by atoms with Gasteiger partial charge in [0, 0.05) is 22.6 Å². The van der Waals surface area contributed by atoms with Crippen LogP contribution in [0.15, 0.2) is 88.9 Å². The first-order valence-electron chi connectivity index (χ1n) is 11.7. The molecule has 4 rings (SSSR count). The number of carbonyl (C=O) groups is 1. The van der Waals surface area contributed by atoms with E-state index >= 15 is 0 Å². The highest BCUT2D eigenvalue weighted by molar-refractivity contribution is 7.92. The fraction of sp³-hybridized carbons (Fsp3) is 0.143. The van der Waals surface area contributed by atoms with E-state index in [9.17, 15) is 13.2 Å². The monoisotopic (exact) mass is 568 g/mol. The molecule has 10 heteroatoms. The highest BCUT2D eigenvalue weighted by Crippen LogP contribution is 2.35. The minimum atomic E-state index is -4.13. The molecule has 0 atom stereocenters. The molecular weight excluding hydrogens is 543 g/mol. The average molecular weight is 570 g/mol. The van der Waals surface area contributed by atoms with Crippen LogP contribution >= 0.6 is 23.2 Å². The number of halogens is 2. The third-order valence-corrected chi connectivity index (χ3v) is 8.52. The first-order valence-corrected chi connectivity index (χ1v) is 13.9. The Morgan fingerprint density at radius 1 is 0.974 bits per heavy atom. The van der Waals surface area contributed by atoms with Gasteiger partial charge in [0.2, 0.25) is 0 Å². The van der Waals surface area contributed by atoms with E-state index in [0.29, 0.717) is 0 Å². The van der Waals surface area contributed by atoms with Crippen molar-refractivity contribution >= 4 is 51.0 Å². The van der Waals surface area contributed by atoms with Crippen molar-refractivity contribution in [2.45, 2.75) is 25.7 Å². The van der Waals surface area contributed by atoms with E-state index in [-0.39, 0.29) is 20.6 Å². The second kappa shape index (κ2) is 11.4. The van der Waals surface area contributed by atoms with E-state index < -0.39 is 22.5 Å². The zero-order valence-corrected chi connectivity index (χ0v) is 23.3. The molecule has 0 aliphatic rings. The van der Waals surface area contributed by atoms with Crippen molar-refractivity contribution in [3.8, 4) is 5.69 Å². The zero-order valence-electron chi connectivity index (χ0n) is 21.0. The number of sulfonamides is 1. The summed E-state index contributed by atoms with van der Waals surface area (Å²) in [4.78, 5) is 12.9. The normalized spacial score (nSPS) is 11.6. The van der Waals surface area contributed by atoms with Gasteiger partial charge < -0.3 is 4.57 Å². The summed E-state index contributed by atoms with van der Waals surface area (Å²) in [5, 5.41) is 4.28. The van der Waals surface area contributed by atoms with E-state index in [4.69, 9.17) is 23.2 Å². The number of rotatable bonds is 8. The molecule has 7 nitrogen and oxygen atoms in total. The molecule has 0 saturated heterocycles. The molecule has 1 N–H and O–H groups in total. The molecule has 1 amide bonds. The minimum absolute atomic E-state index is 0.0101. The number of hydrazone groups is 1. The van der Waals surface area contributed by atoms with Crippen LogP contribution in [0.25, 0.3) is 5.69 Å². The molecule has 0 saturated carbocycles. The summed E-state index contributed by atoms with van der Waals surface area (Å²) in [6.07, 6.45) is 1.54. The zero-order chi connectivity index (χ0) is 27.4. The Morgan fingerprint density at radius 3 is 2.39 bits per heavy atom. The molecule has 0 spiro atoms. The first kappa shape index (κ1) is 27.4. The van der Waals surface area contributed by atoms with Crippen LogP contribution in [0.5, 0.6) is 0 Å². The van der Waals surface area contributed by atoms with Crippen LogP contribution in [-0.2, 0) is 14.8 Å². The van der Waals surface area contributed by atoms with Gasteiger partial charge in [-0.25, -0.2) is 13.8 Å². The van der Waals surface area contributed by atoms with Crippen LogP contribution in [0.4, 0.5) is 5.69 Å². The summed E-state index contributed by atoms with van der Waals surface area (Å²) in [7, 11) is -4.13. The largest absolute Gasteiger partial charge is 0.318 e. The topological polar surface area (TPSA) is 83.8 Å². The molecule has 0 bridgehead atoms. The Morgan fingerprint density at radius 2 is 1.68 bits per heavy atom. The van der Waals surface area contributed by atoms with Gasteiger partial charge in [0.05, 0.1) is 26.8 Å². The van der Waals surface area contributed by atoms with Crippen molar-refractivity contribution in [2.24, 2.45) is 5.10 Å². The van der Waals surface area contributed by atoms with E-state index in [1.54, 1.807) is 24.3 Å². The Labute approximate surface area is 232 Å². The van der Waals surface area contributed by atoms with Crippen LogP contribution in [0.2, 0.25) is 10.0 Å². The Bertz CT molecular complexity index is 1620. The molecule has 0 fully saturated rings. The van der Waals surface area contributed by atoms with Crippen molar-refractivity contribution < 1.29 is 13.2 Å². The lowest BCUT2D eigenvalue weighted by atomic mass is 10.2. The SMILES string of the molecule is Cc1cccc(-n2c(C)cc(/C=N/NC(=O)CN(c3cccc(Cl)c3Cl)S(=O)(=O)c3ccccc3)c2C)c1. The van der Waals surface area contributed by atoms with E-state index in [1.807, 2.05) is 45.0 Å². The maximum Gasteiger partial charge on any atom is 0.264 e. The molecule has 0 aliphatic carbocycles. The first-order chi connectivity index (χ1) is 18.1. The molecule has 4 aromatic rings. The molecule has 1 heterocycles. The van der Waals surface area contributed by atoms with Crippen LogP contribution in [0.3, 0.4) is 0 Å². The average Bonchev–Trinajstić information content (AvgIpc) is 3.17. The lowest BCUT2D eigenvalue weighted by Crippen LogP contribution is -2.39. The number of carbonyl (C=O) groups excluding carboxylic acids is 1. The number of anilines is 1. The summed E-state index contributed by atoms with van der Waals surface area (Å²) in [6.45, 7) is 5.44. The maximum atomic E-state index is 13.5. The molecular formula is C28H26Cl2N4O3S. The summed E-state index contributed by atoms with van der Waals surface area (Å²) in [5.41, 5.74) is 7.47. The standard InChI is InChI=1S/C28H26Cl2N4O3S/c1-19-9-7-10-23(15-19)34-20(2)16-22(21(34)3)17-31-32-27(35)18-33(26-14-8-13-25(29)28(26)30)38(36,37)24-11-5-4-6-12-24/h4-17H,18H2,1-3H3,(H,32,35)/b31-17+. The fourth-order valence-corrected chi connectivity index (χ4v) is 6.03. The smallest absolute Gasteiger partial charge is 0.264 e. The summed E-state index contributed by atoms with van der Waals surface area (Å²) >= 11 is 12.5. The second-order valence-corrected chi connectivity index (χ2v) is 11.3. The number of hydrogen-bond acceptors (Lipinski definition) is 4. The number of benzene rings is 3. The van der Waals surface area contributed by atoms with Gasteiger partial charge in [0.1, 0.15) is 6.54 Å². The van der Waals surface area contributed by atoms with Crippen LogP contribution < -0.4 is 9.73 Å². The predicted molar refractivity (Wildman–Crippen MR) is 153 cm³/mol. The Hall–Kier alpha value is -3.59. The van der Waals surface area contributed by atoms with Crippen LogP contribution in [-0.4, -0.2) is 31.7 Å². The number of aryl methyl sites for hydroxylation is 2. The summed E-state index contributed by atoms with van der Waals surface area (Å²) < 4.78 is 30.0. The van der Waals surface area contributed by atoms with Gasteiger partial charge in [-0.15, -0.1) is 0 Å². The maximum absolute atomic E-state index is 13.5. The van der Waals surface area contributed by atoms with Crippen molar-refractivity contribution in [2.75, 3.05) is 10.8 Å². The van der Waals surface area contributed by atoms with E-state index in [1.165, 1.54) is 30.5 Å². The number of nitrogens with one attached hydrogen (secondary N) is 1. The number of amides is 1. The van der Waals surface area contributed by atoms with Crippen molar-refractivity contribution in [3.05, 3.63) is 111 Å². The minimum Gasteiger partial charge on any atom is -0.318 e. The molecule has 3 aromatic carbocycles. The fourth-order valence-electron chi connectivity index (χ4n) is 4.13. The van der Waals surface area contributed by atoms with Gasteiger partial charge in [-0.2, -0.15) is 5.10 Å². The van der Waals surface area contributed by atoms with E-state index in [0.717, 1.165) is 32.5 Å². The lowest BCUT2D eigenvalue weighted by Gasteiger charge is -2.24. The van der Waals surface area contributed by atoms with Gasteiger partial charge in [-0.05, 0) is 68.8 Å². The summed E-state index contributed by atoms with van der Waals surface area (Å²) in [6, 6.07) is 22.5. The Balaban J connectivity index is 1.58. The molecule has 0 aliphatic heterocycles. The van der Waals surface area contributed by atoms with Crippen LogP contribution in [0.1, 0.15) is 22.5 Å². The van der Waals surface area contributed by atoms with Crippen molar-refractivity contribution in [1.82, 2.24) is 9.99 Å². The van der Waals surface area contributed by atoms with Gasteiger partial charge in [-0.3, -0.25) is 9.10 Å². The molecule has 0 unspecified atom stereocenters. The van der Waals surface area contributed by atoms with Gasteiger partial charge in [0.25, 0.3) is 15.9 Å². The van der Waals surface area contributed by atoms with Gasteiger partial charge >= 0.3 is 0 Å². The molecule has 196 valence electrons. The quantitative estimate of drug-likeness (QED) is 0.207. The van der Waals surface area contributed by atoms with Gasteiger partial charge in [0.15, 0.2) is 0 Å². The highest BCUT2D eigenvalue weighted by Gasteiger charge is 2.29. The van der Waals surface area contributed by atoms with Gasteiger partial charge in [-0.1, -0.05) is 59.6 Å². The molecule has 1 aromatic heterocycles. The highest BCUT2D eigenvalue weighted by atomic mass is 35.5. The third kappa shape index (κ3) is 5.78. The predicted octanol–water partition coefficient (Wildman–Crippen LogP) is 6.05. The number of aromatic nitrogens is 1. The molecule has 38 heavy (non-hydrogen) atoms. The lowest BCUT2D eigenvalue weighted by molar-refractivity contribution is -0.119. The molecule has 0 radical (unpaired) electrons. The van der Waals surface area contributed by atoms with Crippen molar-refractivity contribution in [3.63, 3.8) is 0 Å². The second-order valence-electron chi connectivity index (χ2n) is 8.69. The summed E-state index contributed by atoms with van der Waals surface area (Å²) in [5.74, 6) is -0.649. The van der Waals surface area contributed by atoms with E-state index in [2.05, 4.69) is 21.2 Å².